The summed E-state index contributed by atoms with van der Waals surface area (Å²) in [5.74, 6) is 0. The highest BCUT2D eigenvalue weighted by Gasteiger charge is 2.24. The molecule has 56 valence electrons. The van der Waals surface area contributed by atoms with Gasteiger partial charge in [0, 0.05) is 0 Å². The van der Waals surface area contributed by atoms with Gasteiger partial charge >= 0.3 is 0 Å². The molecule has 9 heavy (non-hydrogen) atoms. The molecule has 2 heteroatoms. The molecule has 1 atom stereocenters. The van der Waals surface area contributed by atoms with Crippen LogP contribution in [0.2, 0.25) is 0 Å². The van der Waals surface area contributed by atoms with Crippen LogP contribution in [0.5, 0.6) is 0 Å². The molecule has 0 radical (unpaired) electrons. The van der Waals surface area contributed by atoms with Crippen LogP contribution in [0.3, 0.4) is 0 Å². The molecule has 0 aromatic heterocycles. The molecule has 1 unspecified atom stereocenters. The Morgan fingerprint density at radius 2 is 1.89 bits per heavy atom. The Hall–Kier alpha value is -0.110. The third-order valence-corrected chi connectivity index (χ3v) is 1.44. The van der Waals surface area contributed by atoms with E-state index in [1.807, 2.05) is 27.7 Å². The zero-order chi connectivity index (χ0) is 7.49. The fraction of sp³-hybridized carbons (Fsp3) is 1.00. The average Bonchev–Trinajstić information content (AvgIpc) is 1.65. The lowest BCUT2D eigenvalue weighted by molar-refractivity contribution is -0.209. The molecule has 0 bridgehead atoms. The molecule has 0 aliphatic carbocycles. The maximum Gasteiger partial charge on any atom is 0.103 e. The highest BCUT2D eigenvalue weighted by Crippen LogP contribution is 2.24. The first kappa shape index (κ1) is 8.89. The third kappa shape index (κ3) is 2.80. The highest BCUT2D eigenvalue weighted by atomic mass is 19.3. The van der Waals surface area contributed by atoms with E-state index in [0.29, 0.717) is 0 Å². The molecule has 0 spiro atoms. The Morgan fingerprint density at radius 1 is 1.44 bits per heavy atom. The number of halogens is 1. The Kier molecular flexibility index (Phi) is 3.12. The summed E-state index contributed by atoms with van der Waals surface area (Å²) in [6.45, 7) is 7.79. The van der Waals surface area contributed by atoms with Crippen LogP contribution >= 0.6 is 0 Å². The summed E-state index contributed by atoms with van der Waals surface area (Å²) in [6.07, 6.45) is 0.456. The van der Waals surface area contributed by atoms with E-state index in [2.05, 4.69) is 4.94 Å². The van der Waals surface area contributed by atoms with E-state index in [0.717, 1.165) is 6.42 Å². The Balaban J connectivity index is 3.79. The first-order valence-electron chi connectivity index (χ1n) is 3.29. The van der Waals surface area contributed by atoms with E-state index < -0.39 is 0 Å². The van der Waals surface area contributed by atoms with Gasteiger partial charge in [0.2, 0.25) is 0 Å². The molecule has 0 aliphatic heterocycles. The standard InChI is InChI=1S/C7H15FO/c1-5-6(9-8)7(2,3)4/h6H,5H2,1-4H3. The van der Waals surface area contributed by atoms with Crippen molar-refractivity contribution < 1.29 is 9.47 Å². The van der Waals surface area contributed by atoms with Crippen LogP contribution in [0.1, 0.15) is 34.1 Å². The number of hydrogen-bond acceptors (Lipinski definition) is 1. The fourth-order valence-corrected chi connectivity index (χ4v) is 0.809. The van der Waals surface area contributed by atoms with Crippen LogP contribution in [-0.2, 0) is 4.94 Å². The number of hydrogen-bond donors (Lipinski definition) is 0. The minimum Gasteiger partial charge on any atom is -0.190 e. The molecule has 0 fully saturated rings. The first-order valence-corrected chi connectivity index (χ1v) is 3.29. The SMILES string of the molecule is CCC(OF)C(C)(C)C. The highest BCUT2D eigenvalue weighted by molar-refractivity contribution is 4.71. The van der Waals surface area contributed by atoms with Gasteiger partial charge in [0.25, 0.3) is 0 Å². The van der Waals surface area contributed by atoms with E-state index in [1.165, 1.54) is 0 Å². The zero-order valence-electron chi connectivity index (χ0n) is 6.57. The molecular weight excluding hydrogens is 119 g/mol. The van der Waals surface area contributed by atoms with Crippen LogP contribution in [0.25, 0.3) is 0 Å². The Labute approximate surface area is 56.1 Å². The van der Waals surface area contributed by atoms with Gasteiger partial charge in [-0.3, -0.25) is 0 Å². The van der Waals surface area contributed by atoms with Crippen molar-refractivity contribution in [1.29, 1.82) is 0 Å². The first-order chi connectivity index (χ1) is 4.02. The van der Waals surface area contributed by atoms with Crippen molar-refractivity contribution in [2.75, 3.05) is 0 Å². The Bertz CT molecular complexity index is 71.5. The molecular formula is C7H15FO. The minimum absolute atomic E-state index is 0.0799. The van der Waals surface area contributed by atoms with Gasteiger partial charge in [0.15, 0.2) is 0 Å². The predicted octanol–water partition coefficient (Wildman–Crippen LogP) is 2.71. The van der Waals surface area contributed by atoms with Crippen LogP contribution in [-0.4, -0.2) is 6.10 Å². The molecule has 0 aromatic rings. The van der Waals surface area contributed by atoms with E-state index >= 15 is 0 Å². The number of rotatable bonds is 2. The van der Waals surface area contributed by atoms with Crippen molar-refractivity contribution in [1.82, 2.24) is 0 Å². The lowest BCUT2D eigenvalue weighted by atomic mass is 9.88. The summed E-state index contributed by atoms with van der Waals surface area (Å²) in [4.78, 5) is 3.76. The third-order valence-electron chi connectivity index (χ3n) is 1.44. The Morgan fingerprint density at radius 3 is 1.89 bits per heavy atom. The summed E-state index contributed by atoms with van der Waals surface area (Å²) in [5, 5.41) is 0. The van der Waals surface area contributed by atoms with E-state index in [9.17, 15) is 4.53 Å². The normalized spacial score (nSPS) is 15.7. The van der Waals surface area contributed by atoms with Gasteiger partial charge in [-0.1, -0.05) is 27.7 Å². The molecule has 0 aliphatic rings. The largest absolute Gasteiger partial charge is 0.190 e. The maximum atomic E-state index is 11.7. The van der Waals surface area contributed by atoms with E-state index in [1.54, 1.807) is 0 Å². The quantitative estimate of drug-likeness (QED) is 0.564. The van der Waals surface area contributed by atoms with Crippen molar-refractivity contribution in [3.05, 3.63) is 0 Å². The van der Waals surface area contributed by atoms with Gasteiger partial charge in [0.1, 0.15) is 6.10 Å². The van der Waals surface area contributed by atoms with Crippen molar-refractivity contribution in [2.45, 2.75) is 40.2 Å². The molecule has 0 N–H and O–H groups in total. The fourth-order valence-electron chi connectivity index (χ4n) is 0.809. The lowest BCUT2D eigenvalue weighted by Crippen LogP contribution is -2.25. The van der Waals surface area contributed by atoms with Gasteiger partial charge < -0.3 is 0 Å². The second kappa shape index (κ2) is 3.16. The van der Waals surface area contributed by atoms with Crippen LogP contribution in [0.4, 0.5) is 4.53 Å². The molecule has 0 saturated heterocycles. The molecule has 0 saturated carbocycles. The summed E-state index contributed by atoms with van der Waals surface area (Å²) < 4.78 is 11.7. The van der Waals surface area contributed by atoms with Crippen LogP contribution in [0.15, 0.2) is 0 Å². The molecule has 0 amide bonds. The second-order valence-corrected chi connectivity index (χ2v) is 3.35. The summed E-state index contributed by atoms with van der Waals surface area (Å²) >= 11 is 0. The van der Waals surface area contributed by atoms with Gasteiger partial charge in [-0.25, -0.2) is 0 Å². The summed E-state index contributed by atoms with van der Waals surface area (Å²) in [6, 6.07) is 0. The predicted molar refractivity (Wildman–Crippen MR) is 35.7 cm³/mol. The van der Waals surface area contributed by atoms with Crippen molar-refractivity contribution >= 4 is 0 Å². The lowest BCUT2D eigenvalue weighted by Gasteiger charge is -2.24. The van der Waals surface area contributed by atoms with Gasteiger partial charge in [0.05, 0.1) is 0 Å². The van der Waals surface area contributed by atoms with Crippen LogP contribution in [0, 0.1) is 5.41 Å². The van der Waals surface area contributed by atoms with E-state index in [-0.39, 0.29) is 11.5 Å². The maximum absolute atomic E-state index is 11.7. The topological polar surface area (TPSA) is 9.23 Å². The summed E-state index contributed by atoms with van der Waals surface area (Å²) in [5.41, 5.74) is -0.0799. The second-order valence-electron chi connectivity index (χ2n) is 3.35. The van der Waals surface area contributed by atoms with Crippen molar-refractivity contribution in [3.8, 4) is 0 Å². The van der Waals surface area contributed by atoms with Crippen molar-refractivity contribution in [3.63, 3.8) is 0 Å². The minimum atomic E-state index is -0.266. The van der Waals surface area contributed by atoms with Gasteiger partial charge in [-0.05, 0) is 16.4 Å². The van der Waals surface area contributed by atoms with Crippen LogP contribution < -0.4 is 0 Å². The van der Waals surface area contributed by atoms with Crippen molar-refractivity contribution in [2.24, 2.45) is 5.41 Å². The molecule has 1 nitrogen and oxygen atoms in total. The summed E-state index contributed by atoms with van der Waals surface area (Å²) in [7, 11) is 0. The monoisotopic (exact) mass is 134 g/mol. The smallest absolute Gasteiger partial charge is 0.103 e. The molecule has 0 heterocycles. The molecule has 0 aromatic carbocycles. The van der Waals surface area contributed by atoms with E-state index in [4.69, 9.17) is 0 Å². The average molecular weight is 134 g/mol. The zero-order valence-corrected chi connectivity index (χ0v) is 6.57. The van der Waals surface area contributed by atoms with Gasteiger partial charge in [-0.15, -0.1) is 0 Å². The molecule has 0 rings (SSSR count). The van der Waals surface area contributed by atoms with Gasteiger partial charge in [-0.2, -0.15) is 4.94 Å².